The lowest BCUT2D eigenvalue weighted by molar-refractivity contribution is -0.129. The Morgan fingerprint density at radius 2 is 1.64 bits per heavy atom. The number of hydrogen-bond donors (Lipinski definition) is 0. The average molecular weight is 301 g/mol. The number of benzene rings is 1. The highest BCUT2D eigenvalue weighted by Gasteiger charge is 2.18. The van der Waals surface area contributed by atoms with Gasteiger partial charge < -0.3 is 14.7 Å². The summed E-state index contributed by atoms with van der Waals surface area (Å²) in [7, 11) is 3.47. The van der Waals surface area contributed by atoms with E-state index in [1.807, 2.05) is 23.1 Å². The lowest BCUT2D eigenvalue weighted by Crippen LogP contribution is -2.48. The lowest BCUT2D eigenvalue weighted by Gasteiger charge is -2.35. The van der Waals surface area contributed by atoms with Crippen molar-refractivity contribution in [2.45, 2.75) is 6.92 Å². The summed E-state index contributed by atoms with van der Waals surface area (Å²) < 4.78 is 0. The first-order valence-corrected chi connectivity index (χ1v) is 7.47. The maximum absolute atomic E-state index is 11.5. The highest BCUT2D eigenvalue weighted by atomic mass is 16.2. The zero-order valence-corrected chi connectivity index (χ0v) is 13.5. The second-order valence-corrected chi connectivity index (χ2v) is 5.65. The highest BCUT2D eigenvalue weighted by molar-refractivity contribution is 5.91. The van der Waals surface area contributed by atoms with E-state index in [1.165, 1.54) is 0 Å². The molecule has 0 saturated carbocycles. The molecular weight excluding hydrogens is 278 g/mol. The first-order chi connectivity index (χ1) is 10.5. The minimum Gasteiger partial charge on any atom is -0.368 e. The van der Waals surface area contributed by atoms with Crippen LogP contribution in [0.15, 0.2) is 30.3 Å². The topological polar surface area (TPSA) is 43.9 Å². The Morgan fingerprint density at radius 3 is 2.14 bits per heavy atom. The van der Waals surface area contributed by atoms with Gasteiger partial charge in [0, 0.05) is 59.0 Å². The van der Waals surface area contributed by atoms with Gasteiger partial charge in [-0.3, -0.25) is 9.59 Å². The fraction of sp³-hybridized carbons (Fsp3) is 0.412. The second kappa shape index (κ2) is 7.11. The van der Waals surface area contributed by atoms with Gasteiger partial charge in [0.15, 0.2) is 0 Å². The molecule has 118 valence electrons. The first kappa shape index (κ1) is 16.1. The lowest BCUT2D eigenvalue weighted by atomic mass is 10.1. The van der Waals surface area contributed by atoms with Gasteiger partial charge in [-0.15, -0.1) is 0 Å². The maximum Gasteiger partial charge on any atom is 0.246 e. The molecule has 1 saturated heterocycles. The molecule has 1 heterocycles. The molecular formula is C17H23N3O2. The number of likely N-dealkylation sites (N-methyl/N-ethyl adjacent to an activating group) is 1. The Bertz CT molecular complexity index is 556. The van der Waals surface area contributed by atoms with Gasteiger partial charge in [0.25, 0.3) is 0 Å². The Labute approximate surface area is 131 Å². The summed E-state index contributed by atoms with van der Waals surface area (Å²) in [5, 5.41) is 0. The largest absolute Gasteiger partial charge is 0.368 e. The van der Waals surface area contributed by atoms with Crippen molar-refractivity contribution in [2.75, 3.05) is 45.2 Å². The van der Waals surface area contributed by atoms with Crippen LogP contribution in [-0.4, -0.2) is 61.9 Å². The molecule has 0 N–H and O–H groups in total. The highest BCUT2D eigenvalue weighted by Crippen LogP contribution is 2.18. The van der Waals surface area contributed by atoms with Crippen molar-refractivity contribution in [3.63, 3.8) is 0 Å². The number of amides is 2. The Balaban J connectivity index is 1.95. The van der Waals surface area contributed by atoms with Crippen molar-refractivity contribution < 1.29 is 9.59 Å². The molecule has 2 amide bonds. The number of rotatable bonds is 3. The van der Waals surface area contributed by atoms with Gasteiger partial charge in [0.05, 0.1) is 0 Å². The van der Waals surface area contributed by atoms with Crippen LogP contribution < -0.4 is 4.90 Å². The monoisotopic (exact) mass is 301 g/mol. The molecule has 0 radical (unpaired) electrons. The average Bonchev–Trinajstić information content (AvgIpc) is 2.53. The normalized spacial score (nSPS) is 15.2. The molecule has 5 heteroatoms. The van der Waals surface area contributed by atoms with Crippen LogP contribution in [0.5, 0.6) is 0 Å². The van der Waals surface area contributed by atoms with Crippen molar-refractivity contribution >= 4 is 23.6 Å². The summed E-state index contributed by atoms with van der Waals surface area (Å²) in [4.78, 5) is 28.5. The third-order valence-corrected chi connectivity index (χ3v) is 3.84. The van der Waals surface area contributed by atoms with Crippen LogP contribution in [0.3, 0.4) is 0 Å². The molecule has 22 heavy (non-hydrogen) atoms. The van der Waals surface area contributed by atoms with E-state index in [0.717, 1.165) is 37.4 Å². The Hall–Kier alpha value is -2.30. The summed E-state index contributed by atoms with van der Waals surface area (Å²) in [6.45, 7) is 4.87. The predicted octanol–water partition coefficient (Wildman–Crippen LogP) is 1.46. The van der Waals surface area contributed by atoms with Crippen molar-refractivity contribution in [2.24, 2.45) is 0 Å². The van der Waals surface area contributed by atoms with Crippen molar-refractivity contribution in [1.29, 1.82) is 0 Å². The molecule has 5 nitrogen and oxygen atoms in total. The molecule has 2 rings (SSSR count). The van der Waals surface area contributed by atoms with Crippen LogP contribution in [-0.2, 0) is 9.59 Å². The number of piperazine rings is 1. The molecule has 0 aromatic heterocycles. The number of hydrogen-bond acceptors (Lipinski definition) is 3. The van der Waals surface area contributed by atoms with Crippen molar-refractivity contribution in [3.05, 3.63) is 35.9 Å². The van der Waals surface area contributed by atoms with E-state index in [-0.39, 0.29) is 11.8 Å². The smallest absolute Gasteiger partial charge is 0.246 e. The Morgan fingerprint density at radius 1 is 1.05 bits per heavy atom. The minimum atomic E-state index is -0.0237. The molecule has 1 aromatic rings. The zero-order valence-electron chi connectivity index (χ0n) is 13.5. The molecule has 0 unspecified atom stereocenters. The van der Waals surface area contributed by atoms with Gasteiger partial charge in [-0.1, -0.05) is 12.1 Å². The molecule has 1 aliphatic heterocycles. The van der Waals surface area contributed by atoms with Gasteiger partial charge in [-0.25, -0.2) is 0 Å². The third kappa shape index (κ3) is 4.10. The third-order valence-electron chi connectivity index (χ3n) is 3.84. The van der Waals surface area contributed by atoms with E-state index in [0.29, 0.717) is 0 Å². The number of anilines is 1. The standard InChI is InChI=1S/C17H23N3O2/c1-14(21)19-10-12-20(13-11-19)16-7-4-15(5-8-16)6-9-17(22)18(2)3/h4-9H,10-13H2,1-3H3. The predicted molar refractivity (Wildman–Crippen MR) is 88.6 cm³/mol. The Kier molecular flexibility index (Phi) is 5.20. The van der Waals surface area contributed by atoms with Gasteiger partial charge in [-0.2, -0.15) is 0 Å². The summed E-state index contributed by atoms with van der Waals surface area (Å²) in [5.41, 5.74) is 2.15. The fourth-order valence-corrected chi connectivity index (χ4v) is 2.39. The SMILES string of the molecule is CC(=O)N1CCN(c2ccc(C=CC(=O)N(C)C)cc2)CC1. The van der Waals surface area contributed by atoms with Crippen LogP contribution >= 0.6 is 0 Å². The fourth-order valence-electron chi connectivity index (χ4n) is 2.39. The van der Waals surface area contributed by atoms with E-state index in [9.17, 15) is 9.59 Å². The van der Waals surface area contributed by atoms with Gasteiger partial charge >= 0.3 is 0 Å². The van der Waals surface area contributed by atoms with Crippen LogP contribution in [0.1, 0.15) is 12.5 Å². The van der Waals surface area contributed by atoms with Crippen LogP contribution in [0.25, 0.3) is 6.08 Å². The molecule has 0 aliphatic carbocycles. The molecule has 0 bridgehead atoms. The van der Waals surface area contributed by atoms with Crippen LogP contribution in [0.4, 0.5) is 5.69 Å². The molecule has 0 spiro atoms. The van der Waals surface area contributed by atoms with E-state index in [4.69, 9.17) is 0 Å². The first-order valence-electron chi connectivity index (χ1n) is 7.47. The minimum absolute atomic E-state index is 0.0237. The van der Waals surface area contributed by atoms with Gasteiger partial charge in [0.1, 0.15) is 0 Å². The molecule has 1 aliphatic rings. The van der Waals surface area contributed by atoms with Crippen LogP contribution in [0.2, 0.25) is 0 Å². The van der Waals surface area contributed by atoms with Crippen molar-refractivity contribution in [1.82, 2.24) is 9.80 Å². The van der Waals surface area contributed by atoms with E-state index in [2.05, 4.69) is 17.0 Å². The van der Waals surface area contributed by atoms with Crippen LogP contribution in [0, 0.1) is 0 Å². The number of nitrogens with zero attached hydrogens (tertiary/aromatic N) is 3. The molecule has 0 atom stereocenters. The van der Waals surface area contributed by atoms with Crippen molar-refractivity contribution in [3.8, 4) is 0 Å². The summed E-state index contributed by atoms with van der Waals surface area (Å²) in [6, 6.07) is 8.13. The summed E-state index contributed by atoms with van der Waals surface area (Å²) >= 11 is 0. The molecule has 1 fully saturated rings. The summed E-state index contributed by atoms with van der Waals surface area (Å²) in [5.74, 6) is 0.120. The van der Waals surface area contributed by atoms with Gasteiger partial charge in [0.2, 0.25) is 11.8 Å². The molecule has 1 aromatic carbocycles. The van der Waals surface area contributed by atoms with E-state index < -0.39 is 0 Å². The van der Waals surface area contributed by atoms with Gasteiger partial charge in [-0.05, 0) is 23.8 Å². The number of carbonyl (C=O) groups excluding carboxylic acids is 2. The van der Waals surface area contributed by atoms with E-state index >= 15 is 0 Å². The second-order valence-electron chi connectivity index (χ2n) is 5.65. The zero-order chi connectivity index (χ0) is 16.1. The quantitative estimate of drug-likeness (QED) is 0.794. The number of carbonyl (C=O) groups is 2. The van der Waals surface area contributed by atoms with E-state index in [1.54, 1.807) is 32.0 Å². The summed E-state index contributed by atoms with van der Waals surface area (Å²) in [6.07, 6.45) is 3.39. The maximum atomic E-state index is 11.5.